The monoisotopic (exact) mass is 218 g/mol. The van der Waals surface area contributed by atoms with Crippen molar-refractivity contribution in [3.05, 3.63) is 47.1 Å². The minimum Gasteiger partial charge on any atom is -0.383 e. The van der Waals surface area contributed by atoms with Crippen molar-refractivity contribution in [3.63, 3.8) is 0 Å². The molecule has 0 saturated heterocycles. The third-order valence-electron chi connectivity index (χ3n) is 2.21. The van der Waals surface area contributed by atoms with Crippen LogP contribution in [0.25, 0.3) is 11.1 Å². The van der Waals surface area contributed by atoms with Crippen LogP contribution in [-0.2, 0) is 0 Å². The smallest absolute Gasteiger partial charge is 0.131 e. The molecule has 2 aromatic rings. The highest BCUT2D eigenvalue weighted by Crippen LogP contribution is 2.26. The molecular formula is C12H11ClN2. The molecular weight excluding hydrogens is 208 g/mol. The molecule has 0 radical (unpaired) electrons. The van der Waals surface area contributed by atoms with E-state index in [1.807, 2.05) is 37.3 Å². The third-order valence-corrected chi connectivity index (χ3v) is 2.46. The maximum Gasteiger partial charge on any atom is 0.131 e. The van der Waals surface area contributed by atoms with Crippen LogP contribution in [0, 0.1) is 6.92 Å². The zero-order chi connectivity index (χ0) is 10.8. The quantitative estimate of drug-likeness (QED) is 0.798. The maximum atomic E-state index is 5.82. The fourth-order valence-corrected chi connectivity index (χ4v) is 1.57. The normalized spacial score (nSPS) is 10.3. The number of pyridine rings is 1. The lowest BCUT2D eigenvalue weighted by atomic mass is 10.1. The summed E-state index contributed by atoms with van der Waals surface area (Å²) in [5.41, 5.74) is 8.89. The van der Waals surface area contributed by atoms with E-state index in [4.69, 9.17) is 17.3 Å². The summed E-state index contributed by atoms with van der Waals surface area (Å²) in [4.78, 5) is 4.12. The van der Waals surface area contributed by atoms with E-state index in [2.05, 4.69) is 4.98 Å². The van der Waals surface area contributed by atoms with E-state index in [-0.39, 0.29) is 0 Å². The molecule has 2 N–H and O–H groups in total. The van der Waals surface area contributed by atoms with E-state index in [0.29, 0.717) is 5.82 Å². The van der Waals surface area contributed by atoms with Crippen LogP contribution >= 0.6 is 11.6 Å². The molecule has 3 heteroatoms. The van der Waals surface area contributed by atoms with Gasteiger partial charge in [0.15, 0.2) is 0 Å². The van der Waals surface area contributed by atoms with Crippen LogP contribution in [0.5, 0.6) is 0 Å². The molecule has 0 aliphatic carbocycles. The zero-order valence-corrected chi connectivity index (χ0v) is 9.12. The Morgan fingerprint density at radius 1 is 1.20 bits per heavy atom. The largest absolute Gasteiger partial charge is 0.383 e. The second-order valence-electron chi connectivity index (χ2n) is 3.45. The van der Waals surface area contributed by atoms with Gasteiger partial charge in [0, 0.05) is 16.8 Å². The van der Waals surface area contributed by atoms with Crippen molar-refractivity contribution in [3.8, 4) is 11.1 Å². The molecule has 0 aliphatic heterocycles. The average Bonchev–Trinajstić information content (AvgIpc) is 2.23. The number of nitrogens with two attached hydrogens (primary N) is 1. The number of halogens is 1. The van der Waals surface area contributed by atoms with Gasteiger partial charge in [-0.3, -0.25) is 0 Å². The highest BCUT2D eigenvalue weighted by atomic mass is 35.5. The number of rotatable bonds is 1. The first kappa shape index (κ1) is 9.99. The van der Waals surface area contributed by atoms with E-state index in [1.54, 1.807) is 6.20 Å². The second kappa shape index (κ2) is 3.91. The summed E-state index contributed by atoms with van der Waals surface area (Å²) in [5, 5.41) is 0.720. The van der Waals surface area contributed by atoms with E-state index >= 15 is 0 Å². The fraction of sp³-hybridized carbons (Fsp3) is 0.0833. The predicted octanol–water partition coefficient (Wildman–Crippen LogP) is 3.29. The molecule has 76 valence electrons. The third kappa shape index (κ3) is 2.10. The summed E-state index contributed by atoms with van der Waals surface area (Å²) in [6.07, 6.45) is 1.76. The Bertz CT molecular complexity index is 477. The number of benzene rings is 1. The van der Waals surface area contributed by atoms with Gasteiger partial charge in [-0.25, -0.2) is 4.98 Å². The molecule has 1 aromatic carbocycles. The van der Waals surface area contributed by atoms with Crippen LogP contribution in [0.2, 0.25) is 5.02 Å². The number of nitrogen functional groups attached to an aromatic ring is 1. The number of hydrogen-bond donors (Lipinski definition) is 1. The number of nitrogens with zero attached hydrogens (tertiary/aromatic N) is 1. The van der Waals surface area contributed by atoms with Gasteiger partial charge >= 0.3 is 0 Å². The van der Waals surface area contributed by atoms with Crippen LogP contribution < -0.4 is 5.73 Å². The molecule has 2 nitrogen and oxygen atoms in total. The minimum atomic E-state index is 0.544. The highest BCUT2D eigenvalue weighted by Gasteiger charge is 2.03. The summed E-state index contributed by atoms with van der Waals surface area (Å²) >= 11 is 5.82. The molecule has 0 aliphatic rings. The molecule has 0 atom stereocenters. The number of aromatic nitrogens is 1. The topological polar surface area (TPSA) is 38.9 Å². The van der Waals surface area contributed by atoms with Crippen LogP contribution in [0.1, 0.15) is 5.56 Å². The van der Waals surface area contributed by atoms with Gasteiger partial charge in [0.1, 0.15) is 5.82 Å². The Morgan fingerprint density at radius 2 is 1.87 bits per heavy atom. The molecule has 0 unspecified atom stereocenters. The number of anilines is 1. The van der Waals surface area contributed by atoms with Gasteiger partial charge in [0.25, 0.3) is 0 Å². The lowest BCUT2D eigenvalue weighted by Gasteiger charge is -2.05. The average molecular weight is 219 g/mol. The van der Waals surface area contributed by atoms with E-state index in [1.165, 1.54) is 0 Å². The number of hydrogen-bond acceptors (Lipinski definition) is 2. The van der Waals surface area contributed by atoms with Gasteiger partial charge in [-0.05, 0) is 36.2 Å². The van der Waals surface area contributed by atoms with Gasteiger partial charge in [-0.2, -0.15) is 0 Å². The minimum absolute atomic E-state index is 0.544. The SMILES string of the molecule is Cc1cnc(N)c(-c2ccc(Cl)cc2)c1. The summed E-state index contributed by atoms with van der Waals surface area (Å²) in [5.74, 6) is 0.544. The lowest BCUT2D eigenvalue weighted by molar-refractivity contribution is 1.28. The molecule has 2 rings (SSSR count). The highest BCUT2D eigenvalue weighted by molar-refractivity contribution is 6.30. The molecule has 15 heavy (non-hydrogen) atoms. The van der Waals surface area contributed by atoms with Gasteiger partial charge < -0.3 is 5.73 Å². The molecule has 0 spiro atoms. The second-order valence-corrected chi connectivity index (χ2v) is 3.89. The first-order valence-corrected chi connectivity index (χ1v) is 5.02. The molecule has 0 bridgehead atoms. The van der Waals surface area contributed by atoms with E-state index in [9.17, 15) is 0 Å². The van der Waals surface area contributed by atoms with Crippen LogP contribution in [0.15, 0.2) is 36.5 Å². The van der Waals surface area contributed by atoms with Gasteiger partial charge in [0.2, 0.25) is 0 Å². The van der Waals surface area contributed by atoms with Gasteiger partial charge in [-0.1, -0.05) is 23.7 Å². The maximum absolute atomic E-state index is 5.82. The van der Waals surface area contributed by atoms with Crippen molar-refractivity contribution < 1.29 is 0 Å². The molecule has 0 fully saturated rings. The van der Waals surface area contributed by atoms with Crippen molar-refractivity contribution in [1.29, 1.82) is 0 Å². The van der Waals surface area contributed by atoms with Gasteiger partial charge in [-0.15, -0.1) is 0 Å². The predicted molar refractivity (Wildman–Crippen MR) is 63.8 cm³/mol. The van der Waals surface area contributed by atoms with Crippen molar-refractivity contribution in [1.82, 2.24) is 4.98 Å². The molecule has 0 amide bonds. The first-order chi connectivity index (χ1) is 7.16. The summed E-state index contributed by atoms with van der Waals surface area (Å²) in [6.45, 7) is 1.99. The zero-order valence-electron chi connectivity index (χ0n) is 8.37. The molecule has 1 heterocycles. The lowest BCUT2D eigenvalue weighted by Crippen LogP contribution is -1.94. The Labute approximate surface area is 93.7 Å². The number of aryl methyl sites for hydroxylation is 1. The van der Waals surface area contributed by atoms with Gasteiger partial charge in [0.05, 0.1) is 0 Å². The summed E-state index contributed by atoms with van der Waals surface area (Å²) in [6, 6.07) is 9.59. The molecule has 0 saturated carbocycles. The Morgan fingerprint density at radius 3 is 2.53 bits per heavy atom. The first-order valence-electron chi connectivity index (χ1n) is 4.65. The van der Waals surface area contributed by atoms with Crippen molar-refractivity contribution in [2.24, 2.45) is 0 Å². The fourth-order valence-electron chi connectivity index (χ4n) is 1.44. The van der Waals surface area contributed by atoms with Crippen molar-refractivity contribution >= 4 is 17.4 Å². The van der Waals surface area contributed by atoms with Crippen molar-refractivity contribution in [2.45, 2.75) is 6.92 Å². The summed E-state index contributed by atoms with van der Waals surface area (Å²) < 4.78 is 0. The Kier molecular flexibility index (Phi) is 2.60. The Hall–Kier alpha value is -1.54. The summed E-state index contributed by atoms with van der Waals surface area (Å²) in [7, 11) is 0. The standard InChI is InChI=1S/C12H11ClN2/c1-8-6-11(12(14)15-7-8)9-2-4-10(13)5-3-9/h2-7H,1H3,(H2,14,15). The van der Waals surface area contributed by atoms with Crippen molar-refractivity contribution in [2.75, 3.05) is 5.73 Å². The van der Waals surface area contributed by atoms with Crippen LogP contribution in [0.3, 0.4) is 0 Å². The molecule has 1 aromatic heterocycles. The Balaban J connectivity index is 2.53. The van der Waals surface area contributed by atoms with E-state index < -0.39 is 0 Å². The van der Waals surface area contributed by atoms with Crippen LogP contribution in [0.4, 0.5) is 5.82 Å². The van der Waals surface area contributed by atoms with Crippen LogP contribution in [-0.4, -0.2) is 4.98 Å². The van der Waals surface area contributed by atoms with E-state index in [0.717, 1.165) is 21.7 Å².